The topological polar surface area (TPSA) is 114 Å². The van der Waals surface area contributed by atoms with Crippen molar-refractivity contribution in [3.8, 4) is 0 Å². The van der Waals surface area contributed by atoms with Crippen LogP contribution in [0.15, 0.2) is 54.8 Å². The van der Waals surface area contributed by atoms with Crippen LogP contribution in [-0.2, 0) is 20.8 Å². The summed E-state index contributed by atoms with van der Waals surface area (Å²) >= 11 is 0. The molecule has 1 aliphatic carbocycles. The van der Waals surface area contributed by atoms with Gasteiger partial charge < -0.3 is 20.1 Å². The summed E-state index contributed by atoms with van der Waals surface area (Å²) in [6.45, 7) is 16.1. The Bertz CT molecular complexity index is 1190. The molecule has 0 saturated heterocycles. The summed E-state index contributed by atoms with van der Waals surface area (Å²) in [5.41, 5.74) is 5.65. The number of nitrogens with zero attached hydrogens (tertiary/aromatic N) is 2. The standard InChI is InChI=1S/C20H25N3O.C5H8O2.C4H6O2/c1-4-23(5-2)20(24)14-9-16-15-7-6-8-17-19(15)13(11-21-17)10-18(16)22(3)12-14;1-3-4(2)5(6)7;1-3(2)4(5)6/h6-9,11,14,18,21H,4-5,10,12H2,1-3H3;2-3H2,1H3,(H,6,7);1H2,2H3,(H,5,6)/t14-,18-;;/m1../s1. The van der Waals surface area contributed by atoms with E-state index >= 15 is 0 Å². The summed E-state index contributed by atoms with van der Waals surface area (Å²) in [6, 6.07) is 6.82. The first kappa shape index (κ1) is 29.6. The molecule has 1 amide bonds. The molecule has 2 aliphatic rings. The SMILES string of the molecule is C=C(C)C(=O)O.C=C(CC)C(=O)O.CCN(CC)C(=O)[C@@H]1C=C2c3cccc4[nH]cc(c34)C[C@H]2N(C)C1. The number of fused-ring (bicyclic) bond motifs is 2. The first-order chi connectivity index (χ1) is 17.5. The fourth-order valence-corrected chi connectivity index (χ4v) is 4.53. The van der Waals surface area contributed by atoms with Gasteiger partial charge in [0.2, 0.25) is 5.91 Å². The molecule has 0 saturated carbocycles. The molecular formula is C29H39N3O5. The quantitative estimate of drug-likeness (QED) is 0.491. The van der Waals surface area contributed by atoms with E-state index in [1.54, 1.807) is 6.92 Å². The molecule has 8 heteroatoms. The number of aromatic nitrogens is 1. The van der Waals surface area contributed by atoms with Crippen LogP contribution in [0.2, 0.25) is 0 Å². The Hall–Kier alpha value is -3.65. The van der Waals surface area contributed by atoms with Crippen LogP contribution < -0.4 is 0 Å². The third-order valence-corrected chi connectivity index (χ3v) is 6.75. The van der Waals surface area contributed by atoms with Crippen molar-refractivity contribution in [1.29, 1.82) is 0 Å². The van der Waals surface area contributed by atoms with E-state index in [4.69, 9.17) is 10.2 Å². The predicted octanol–water partition coefficient (Wildman–Crippen LogP) is 4.59. The Kier molecular flexibility index (Phi) is 10.4. The highest BCUT2D eigenvalue weighted by Gasteiger charge is 2.36. The molecule has 200 valence electrons. The molecule has 1 aliphatic heterocycles. The molecule has 37 heavy (non-hydrogen) atoms. The van der Waals surface area contributed by atoms with Crippen LogP contribution in [-0.4, -0.2) is 75.6 Å². The molecule has 0 fully saturated rings. The molecular weight excluding hydrogens is 470 g/mol. The number of hydrogen-bond acceptors (Lipinski definition) is 4. The van der Waals surface area contributed by atoms with E-state index in [9.17, 15) is 14.4 Å². The van der Waals surface area contributed by atoms with Crippen molar-refractivity contribution in [1.82, 2.24) is 14.8 Å². The minimum atomic E-state index is -0.935. The number of carboxylic acid groups (broad SMARTS) is 2. The average Bonchev–Trinajstić information content (AvgIpc) is 3.29. The van der Waals surface area contributed by atoms with E-state index in [0.717, 1.165) is 26.1 Å². The second-order valence-electron chi connectivity index (χ2n) is 9.29. The largest absolute Gasteiger partial charge is 0.478 e. The predicted molar refractivity (Wildman–Crippen MR) is 147 cm³/mol. The lowest BCUT2D eigenvalue weighted by atomic mass is 9.79. The summed E-state index contributed by atoms with van der Waals surface area (Å²) in [5.74, 6) is -1.63. The lowest BCUT2D eigenvalue weighted by Crippen LogP contribution is -2.47. The van der Waals surface area contributed by atoms with E-state index in [0.29, 0.717) is 12.5 Å². The number of benzene rings is 1. The molecule has 1 aromatic heterocycles. The maximum absolute atomic E-state index is 12.9. The van der Waals surface area contributed by atoms with E-state index in [1.807, 2.05) is 4.90 Å². The van der Waals surface area contributed by atoms with E-state index in [2.05, 4.69) is 74.4 Å². The van der Waals surface area contributed by atoms with Gasteiger partial charge in [-0.05, 0) is 63.4 Å². The van der Waals surface area contributed by atoms with Crippen LogP contribution in [0.5, 0.6) is 0 Å². The number of likely N-dealkylation sites (N-methyl/N-ethyl adjacent to an activating group) is 1. The van der Waals surface area contributed by atoms with Crippen molar-refractivity contribution in [3.05, 3.63) is 65.9 Å². The van der Waals surface area contributed by atoms with Crippen LogP contribution in [0, 0.1) is 5.92 Å². The van der Waals surface area contributed by atoms with Gasteiger partial charge in [-0.2, -0.15) is 0 Å². The van der Waals surface area contributed by atoms with E-state index in [-0.39, 0.29) is 23.0 Å². The average molecular weight is 510 g/mol. The highest BCUT2D eigenvalue weighted by atomic mass is 16.4. The fourth-order valence-electron chi connectivity index (χ4n) is 4.53. The summed E-state index contributed by atoms with van der Waals surface area (Å²) in [7, 11) is 2.15. The van der Waals surface area contributed by atoms with Crippen molar-refractivity contribution >= 4 is 34.3 Å². The van der Waals surface area contributed by atoms with Gasteiger partial charge in [0.1, 0.15) is 0 Å². The number of carbonyl (C=O) groups excluding carboxylic acids is 1. The van der Waals surface area contributed by atoms with Crippen molar-refractivity contribution in [3.63, 3.8) is 0 Å². The molecule has 1 aromatic carbocycles. The number of carboxylic acids is 2. The van der Waals surface area contributed by atoms with Crippen LogP contribution in [0.4, 0.5) is 0 Å². The summed E-state index contributed by atoms with van der Waals surface area (Å²) in [4.78, 5) is 40.0. The molecule has 0 radical (unpaired) electrons. The van der Waals surface area contributed by atoms with Gasteiger partial charge >= 0.3 is 11.9 Å². The van der Waals surface area contributed by atoms with Gasteiger partial charge in [0.15, 0.2) is 0 Å². The summed E-state index contributed by atoms with van der Waals surface area (Å²) < 4.78 is 0. The molecule has 2 heterocycles. The molecule has 0 spiro atoms. The Morgan fingerprint density at radius 2 is 1.73 bits per heavy atom. The first-order valence-corrected chi connectivity index (χ1v) is 12.6. The molecule has 0 bridgehead atoms. The monoisotopic (exact) mass is 509 g/mol. The lowest BCUT2D eigenvalue weighted by Gasteiger charge is -2.40. The van der Waals surface area contributed by atoms with Crippen molar-refractivity contribution in [2.75, 3.05) is 26.7 Å². The number of carbonyl (C=O) groups is 3. The van der Waals surface area contributed by atoms with Crippen LogP contribution >= 0.6 is 0 Å². The fraction of sp³-hybridized carbons (Fsp3) is 0.414. The maximum atomic E-state index is 12.9. The van der Waals surface area contributed by atoms with E-state index in [1.165, 1.54) is 34.5 Å². The van der Waals surface area contributed by atoms with Gasteiger partial charge in [-0.25, -0.2) is 9.59 Å². The van der Waals surface area contributed by atoms with E-state index < -0.39 is 11.9 Å². The Balaban J connectivity index is 0.000000309. The number of aliphatic carboxylic acids is 2. The maximum Gasteiger partial charge on any atom is 0.330 e. The van der Waals surface area contributed by atoms with Gasteiger partial charge in [-0.1, -0.05) is 38.3 Å². The Morgan fingerprint density at radius 1 is 1.11 bits per heavy atom. The number of rotatable bonds is 6. The first-order valence-electron chi connectivity index (χ1n) is 12.6. The number of hydrogen-bond donors (Lipinski definition) is 3. The number of amides is 1. The second kappa shape index (κ2) is 13.1. The Labute approximate surface area is 219 Å². The van der Waals surface area contributed by atoms with Gasteiger partial charge in [0.05, 0.1) is 5.92 Å². The normalized spacial score (nSPS) is 17.7. The van der Waals surface area contributed by atoms with Crippen LogP contribution in [0.3, 0.4) is 0 Å². The summed E-state index contributed by atoms with van der Waals surface area (Å²) in [5, 5.41) is 17.3. The molecule has 0 unspecified atom stereocenters. The summed E-state index contributed by atoms with van der Waals surface area (Å²) in [6.07, 6.45) is 5.93. The number of nitrogens with one attached hydrogen (secondary N) is 1. The minimum Gasteiger partial charge on any atom is -0.478 e. The zero-order valence-electron chi connectivity index (χ0n) is 22.5. The van der Waals surface area contributed by atoms with Gasteiger partial charge in [-0.15, -0.1) is 0 Å². The zero-order valence-corrected chi connectivity index (χ0v) is 22.5. The van der Waals surface area contributed by atoms with Crippen molar-refractivity contribution in [2.45, 2.75) is 46.6 Å². The Morgan fingerprint density at radius 3 is 2.22 bits per heavy atom. The van der Waals surface area contributed by atoms with Crippen LogP contribution in [0.25, 0.3) is 16.5 Å². The van der Waals surface area contributed by atoms with Gasteiger partial charge in [-0.3, -0.25) is 9.69 Å². The minimum absolute atomic E-state index is 0.0445. The third kappa shape index (κ3) is 6.98. The third-order valence-electron chi connectivity index (χ3n) is 6.75. The zero-order chi connectivity index (χ0) is 27.9. The van der Waals surface area contributed by atoms with Crippen LogP contribution in [0.1, 0.15) is 45.2 Å². The second-order valence-corrected chi connectivity index (χ2v) is 9.29. The molecule has 4 rings (SSSR count). The highest BCUT2D eigenvalue weighted by Crippen LogP contribution is 2.40. The molecule has 2 aromatic rings. The number of H-pyrrole nitrogens is 1. The molecule has 8 nitrogen and oxygen atoms in total. The van der Waals surface area contributed by atoms with Crippen molar-refractivity contribution in [2.24, 2.45) is 5.92 Å². The molecule has 2 atom stereocenters. The van der Waals surface area contributed by atoms with Gasteiger partial charge in [0, 0.05) is 53.9 Å². The highest BCUT2D eigenvalue weighted by molar-refractivity contribution is 5.99. The van der Waals surface area contributed by atoms with Crippen molar-refractivity contribution < 1.29 is 24.6 Å². The smallest absolute Gasteiger partial charge is 0.330 e. The lowest BCUT2D eigenvalue weighted by molar-refractivity contribution is -0.134. The number of aromatic amines is 1. The van der Waals surface area contributed by atoms with Gasteiger partial charge in [0.25, 0.3) is 0 Å². The molecule has 3 N–H and O–H groups in total.